The van der Waals surface area contributed by atoms with Crippen LogP contribution in [0, 0.1) is 12.7 Å². The SMILES string of the molecule is Cc1ccc(S(=O)(=O)Nc2ccc(N3CCSCC3)c(F)c2)cc1. The van der Waals surface area contributed by atoms with Gasteiger partial charge in [0.1, 0.15) is 5.82 Å². The van der Waals surface area contributed by atoms with Crippen LogP contribution in [0.5, 0.6) is 0 Å². The van der Waals surface area contributed by atoms with E-state index in [2.05, 4.69) is 4.72 Å². The summed E-state index contributed by atoms with van der Waals surface area (Å²) >= 11 is 1.85. The van der Waals surface area contributed by atoms with Crippen molar-refractivity contribution in [3.05, 3.63) is 53.8 Å². The van der Waals surface area contributed by atoms with Gasteiger partial charge in [0.15, 0.2) is 0 Å². The molecule has 0 aliphatic carbocycles. The highest BCUT2D eigenvalue weighted by molar-refractivity contribution is 7.99. The molecule has 2 aromatic carbocycles. The number of benzene rings is 2. The van der Waals surface area contributed by atoms with Gasteiger partial charge in [0.05, 0.1) is 16.3 Å². The Kier molecular flexibility index (Phi) is 5.01. The lowest BCUT2D eigenvalue weighted by atomic mass is 10.2. The minimum atomic E-state index is -3.72. The lowest BCUT2D eigenvalue weighted by Gasteiger charge is -2.28. The average Bonchev–Trinajstić information content (AvgIpc) is 2.56. The molecule has 7 heteroatoms. The maximum absolute atomic E-state index is 14.4. The molecule has 0 bridgehead atoms. The number of nitrogens with one attached hydrogen (secondary N) is 1. The Labute approximate surface area is 146 Å². The van der Waals surface area contributed by atoms with Crippen molar-refractivity contribution in [3.63, 3.8) is 0 Å². The molecule has 0 unspecified atom stereocenters. The van der Waals surface area contributed by atoms with Gasteiger partial charge in [-0.1, -0.05) is 17.7 Å². The molecule has 0 saturated carbocycles. The van der Waals surface area contributed by atoms with Crippen molar-refractivity contribution in [1.29, 1.82) is 0 Å². The van der Waals surface area contributed by atoms with E-state index in [1.54, 1.807) is 24.3 Å². The third-order valence-electron chi connectivity index (χ3n) is 3.88. The van der Waals surface area contributed by atoms with E-state index >= 15 is 0 Å². The second-order valence-electron chi connectivity index (χ2n) is 5.68. The van der Waals surface area contributed by atoms with Gasteiger partial charge < -0.3 is 4.90 Å². The normalized spacial score (nSPS) is 15.3. The quantitative estimate of drug-likeness (QED) is 0.900. The first kappa shape index (κ1) is 17.1. The second-order valence-corrected chi connectivity index (χ2v) is 8.59. The number of aryl methyl sites for hydroxylation is 1. The first-order chi connectivity index (χ1) is 11.5. The van der Waals surface area contributed by atoms with Crippen LogP contribution in [0.4, 0.5) is 15.8 Å². The summed E-state index contributed by atoms with van der Waals surface area (Å²) in [5, 5.41) is 0. The zero-order valence-electron chi connectivity index (χ0n) is 13.3. The summed E-state index contributed by atoms with van der Waals surface area (Å²) in [4.78, 5) is 2.15. The molecule has 1 fully saturated rings. The fraction of sp³-hybridized carbons (Fsp3) is 0.294. The smallest absolute Gasteiger partial charge is 0.261 e. The summed E-state index contributed by atoms with van der Waals surface area (Å²) in [5.41, 5.74) is 1.72. The molecule has 0 spiro atoms. The van der Waals surface area contributed by atoms with Gasteiger partial charge >= 0.3 is 0 Å². The molecule has 128 valence electrons. The highest BCUT2D eigenvalue weighted by Gasteiger charge is 2.18. The molecular weight excluding hydrogens is 347 g/mol. The van der Waals surface area contributed by atoms with Crippen LogP contribution in [-0.2, 0) is 10.0 Å². The van der Waals surface area contributed by atoms with Gasteiger partial charge in [-0.15, -0.1) is 0 Å². The van der Waals surface area contributed by atoms with Gasteiger partial charge in [-0.05, 0) is 31.2 Å². The number of nitrogens with zero attached hydrogens (tertiary/aromatic N) is 1. The van der Waals surface area contributed by atoms with Crippen LogP contribution in [0.15, 0.2) is 47.4 Å². The summed E-state index contributed by atoms with van der Waals surface area (Å²) in [6, 6.07) is 11.0. The summed E-state index contributed by atoms with van der Waals surface area (Å²) in [6.07, 6.45) is 0. The third kappa shape index (κ3) is 3.84. The van der Waals surface area contributed by atoms with E-state index in [4.69, 9.17) is 0 Å². The van der Waals surface area contributed by atoms with Crippen LogP contribution in [0.25, 0.3) is 0 Å². The number of rotatable bonds is 4. The fourth-order valence-electron chi connectivity index (χ4n) is 2.56. The molecule has 3 rings (SSSR count). The van der Waals surface area contributed by atoms with E-state index < -0.39 is 15.8 Å². The van der Waals surface area contributed by atoms with Gasteiger partial charge in [0.2, 0.25) is 0 Å². The van der Waals surface area contributed by atoms with Crippen LogP contribution in [-0.4, -0.2) is 33.0 Å². The van der Waals surface area contributed by atoms with E-state index in [0.29, 0.717) is 5.69 Å². The summed E-state index contributed by atoms with van der Waals surface area (Å²) < 4.78 is 41.5. The Hall–Kier alpha value is -1.73. The van der Waals surface area contributed by atoms with Crippen molar-refractivity contribution in [2.24, 2.45) is 0 Å². The molecule has 1 aliphatic rings. The monoisotopic (exact) mass is 366 g/mol. The van der Waals surface area contributed by atoms with E-state index in [-0.39, 0.29) is 10.6 Å². The highest BCUT2D eigenvalue weighted by Crippen LogP contribution is 2.26. The molecule has 0 aromatic heterocycles. The molecule has 24 heavy (non-hydrogen) atoms. The van der Waals surface area contributed by atoms with Gasteiger partial charge in [-0.25, -0.2) is 12.8 Å². The second kappa shape index (κ2) is 7.03. The Balaban J connectivity index is 1.80. The van der Waals surface area contributed by atoms with Crippen LogP contribution in [0.2, 0.25) is 0 Å². The topological polar surface area (TPSA) is 49.4 Å². The van der Waals surface area contributed by atoms with Crippen LogP contribution in [0.3, 0.4) is 0 Å². The highest BCUT2D eigenvalue weighted by atomic mass is 32.2. The number of sulfonamides is 1. The summed E-state index contributed by atoms with van der Waals surface area (Å²) in [5.74, 6) is 1.54. The zero-order valence-corrected chi connectivity index (χ0v) is 15.0. The van der Waals surface area contributed by atoms with Crippen LogP contribution in [0.1, 0.15) is 5.56 Å². The van der Waals surface area contributed by atoms with Crippen LogP contribution >= 0.6 is 11.8 Å². The zero-order chi connectivity index (χ0) is 17.2. The first-order valence-electron chi connectivity index (χ1n) is 7.67. The van der Waals surface area contributed by atoms with Crippen molar-refractivity contribution in [2.75, 3.05) is 34.2 Å². The minimum absolute atomic E-state index is 0.158. The first-order valence-corrected chi connectivity index (χ1v) is 10.3. The Bertz CT molecular complexity index is 817. The van der Waals surface area contributed by atoms with Gasteiger partial charge in [-0.2, -0.15) is 11.8 Å². The van der Waals surface area contributed by atoms with E-state index in [1.807, 2.05) is 23.6 Å². The maximum Gasteiger partial charge on any atom is 0.261 e. The van der Waals surface area contributed by atoms with Crippen molar-refractivity contribution in [1.82, 2.24) is 0 Å². The molecule has 1 aliphatic heterocycles. The number of halogens is 1. The lowest BCUT2D eigenvalue weighted by molar-refractivity contribution is 0.601. The molecule has 4 nitrogen and oxygen atoms in total. The standard InChI is InChI=1S/C17H19FN2O2S2/c1-13-2-5-15(6-3-13)24(21,22)19-14-4-7-17(16(18)12-14)20-8-10-23-11-9-20/h2-7,12,19H,8-11H2,1H3. The van der Waals surface area contributed by atoms with Gasteiger partial charge in [0.25, 0.3) is 10.0 Å². The molecule has 1 heterocycles. The Morgan fingerprint density at radius 1 is 1.08 bits per heavy atom. The molecule has 0 amide bonds. The minimum Gasteiger partial charge on any atom is -0.368 e. The van der Waals surface area contributed by atoms with Crippen molar-refractivity contribution in [2.45, 2.75) is 11.8 Å². The lowest BCUT2D eigenvalue weighted by Crippen LogP contribution is -2.33. The largest absolute Gasteiger partial charge is 0.368 e. The third-order valence-corrected chi connectivity index (χ3v) is 6.22. The Morgan fingerprint density at radius 3 is 2.38 bits per heavy atom. The molecule has 2 aromatic rings. The predicted molar refractivity (Wildman–Crippen MR) is 97.9 cm³/mol. The van der Waals surface area contributed by atoms with E-state index in [0.717, 1.165) is 30.2 Å². The van der Waals surface area contributed by atoms with Gasteiger partial charge in [-0.3, -0.25) is 4.72 Å². The number of hydrogen-bond acceptors (Lipinski definition) is 4. The number of anilines is 2. The van der Waals surface area contributed by atoms with Crippen molar-refractivity contribution >= 4 is 33.2 Å². The summed E-state index contributed by atoms with van der Waals surface area (Å²) in [7, 11) is -3.72. The number of thioether (sulfide) groups is 1. The van der Waals surface area contributed by atoms with Crippen LogP contribution < -0.4 is 9.62 Å². The molecule has 1 N–H and O–H groups in total. The van der Waals surface area contributed by atoms with E-state index in [9.17, 15) is 12.8 Å². The van der Waals surface area contributed by atoms with Gasteiger partial charge in [0, 0.05) is 30.7 Å². The Morgan fingerprint density at radius 2 is 1.75 bits per heavy atom. The van der Waals surface area contributed by atoms with Crippen molar-refractivity contribution < 1.29 is 12.8 Å². The predicted octanol–water partition coefficient (Wildman–Crippen LogP) is 3.49. The molecule has 1 saturated heterocycles. The van der Waals surface area contributed by atoms with Crippen molar-refractivity contribution in [3.8, 4) is 0 Å². The molecule has 0 radical (unpaired) electrons. The molecular formula is C17H19FN2O2S2. The van der Waals surface area contributed by atoms with E-state index in [1.165, 1.54) is 18.2 Å². The maximum atomic E-state index is 14.4. The fourth-order valence-corrected chi connectivity index (χ4v) is 4.52. The summed E-state index contributed by atoms with van der Waals surface area (Å²) in [6.45, 7) is 3.49. The molecule has 0 atom stereocenters. The number of hydrogen-bond donors (Lipinski definition) is 1. The average molecular weight is 366 g/mol.